The number of nitrogens with zero attached hydrogens (tertiary/aromatic N) is 2. The molecule has 0 aromatic rings. The second kappa shape index (κ2) is 7.26. The Morgan fingerprint density at radius 1 is 1.10 bits per heavy atom. The van der Waals surface area contributed by atoms with Gasteiger partial charge in [-0.2, -0.15) is 0 Å². The van der Waals surface area contributed by atoms with Crippen molar-refractivity contribution in [3.05, 3.63) is 0 Å². The molecule has 4 aliphatic rings. The summed E-state index contributed by atoms with van der Waals surface area (Å²) >= 11 is 0. The van der Waals surface area contributed by atoms with Crippen LogP contribution in [-0.4, -0.2) is 107 Å². The van der Waals surface area contributed by atoms with Gasteiger partial charge in [-0.25, -0.2) is 4.79 Å². The molecule has 148 valence electrons. The minimum Gasteiger partial charge on any atom is -0.462 e. The third-order valence-corrected chi connectivity index (χ3v) is 7.37. The van der Waals surface area contributed by atoms with E-state index in [4.69, 9.17) is 36.1 Å². The smallest absolute Gasteiger partial charge is 0.409 e. The van der Waals surface area contributed by atoms with Gasteiger partial charge in [0.1, 0.15) is 31.4 Å². The van der Waals surface area contributed by atoms with Crippen LogP contribution in [0.2, 0.25) is 0 Å². The van der Waals surface area contributed by atoms with Crippen LogP contribution in [0.4, 0.5) is 4.79 Å². The summed E-state index contributed by atoms with van der Waals surface area (Å²) in [5.74, 6) is 0.168. The molecule has 2 atom stereocenters. The summed E-state index contributed by atoms with van der Waals surface area (Å²) in [6, 6.07) is 0.480. The van der Waals surface area contributed by atoms with Gasteiger partial charge in [-0.15, -0.1) is 0 Å². The fourth-order valence-electron chi connectivity index (χ4n) is 5.49. The molecule has 4 aliphatic heterocycles. The first-order chi connectivity index (χ1) is 13.5. The van der Waals surface area contributed by atoms with Gasteiger partial charge in [0.25, 0.3) is 0 Å². The van der Waals surface area contributed by atoms with Crippen LogP contribution in [-0.2, 0) is 9.53 Å². The van der Waals surface area contributed by atoms with Gasteiger partial charge in [-0.3, -0.25) is 4.79 Å². The number of aliphatic hydroxyl groups is 1. The highest BCUT2D eigenvalue weighted by atomic mass is 16.6. The summed E-state index contributed by atoms with van der Waals surface area (Å²) in [6.07, 6.45) is 5.50. The van der Waals surface area contributed by atoms with Gasteiger partial charge >= 0.3 is 6.09 Å². The number of rotatable bonds is 3. The van der Waals surface area contributed by atoms with Gasteiger partial charge in [-0.1, -0.05) is 0 Å². The number of piperidine rings is 2. The zero-order chi connectivity index (χ0) is 21.0. The molecular formula is C18H25B4N3O4. The van der Waals surface area contributed by atoms with E-state index >= 15 is 0 Å². The van der Waals surface area contributed by atoms with E-state index < -0.39 is 16.9 Å². The summed E-state index contributed by atoms with van der Waals surface area (Å²) in [4.78, 5) is 28.5. The van der Waals surface area contributed by atoms with Crippen LogP contribution >= 0.6 is 0 Å². The Bertz CT molecular complexity index is 665. The molecule has 8 radical (unpaired) electrons. The molecule has 29 heavy (non-hydrogen) atoms. The van der Waals surface area contributed by atoms with Crippen molar-refractivity contribution in [3.63, 3.8) is 0 Å². The first-order valence-corrected chi connectivity index (χ1v) is 10.4. The van der Waals surface area contributed by atoms with Crippen molar-refractivity contribution in [2.75, 3.05) is 19.6 Å². The molecule has 11 heteroatoms. The largest absolute Gasteiger partial charge is 0.462 e. The van der Waals surface area contributed by atoms with Gasteiger partial charge in [0.2, 0.25) is 5.91 Å². The van der Waals surface area contributed by atoms with Gasteiger partial charge < -0.3 is 25.0 Å². The summed E-state index contributed by atoms with van der Waals surface area (Å²) in [5.41, 5.74) is 0.129. The Labute approximate surface area is 177 Å². The molecule has 0 aromatic heterocycles. The van der Waals surface area contributed by atoms with Crippen LogP contribution in [0.3, 0.4) is 0 Å². The molecule has 4 fully saturated rings. The lowest BCUT2D eigenvalue weighted by Crippen LogP contribution is -2.62. The molecule has 2 amide bonds. The fraction of sp³-hybridized carbons (Fsp3) is 0.889. The van der Waals surface area contributed by atoms with Crippen molar-refractivity contribution in [1.82, 2.24) is 15.1 Å². The summed E-state index contributed by atoms with van der Waals surface area (Å²) in [7, 11) is 21.8. The molecule has 1 spiro atoms. The minimum atomic E-state index is -2.54. The maximum atomic E-state index is 12.7. The number of nitrogens with one attached hydrogen (secondary N) is 1. The third kappa shape index (κ3) is 3.97. The van der Waals surface area contributed by atoms with E-state index in [1.807, 2.05) is 0 Å². The average molecular weight is 391 g/mol. The molecule has 2 bridgehead atoms. The monoisotopic (exact) mass is 391 g/mol. The van der Waals surface area contributed by atoms with E-state index in [0.717, 1.165) is 58.2 Å². The van der Waals surface area contributed by atoms with Crippen molar-refractivity contribution in [1.29, 1.82) is 0 Å². The lowest BCUT2D eigenvalue weighted by Gasteiger charge is -2.48. The Hall–Kier alpha value is -1.08. The van der Waals surface area contributed by atoms with Gasteiger partial charge in [0, 0.05) is 41.9 Å². The zero-order valence-corrected chi connectivity index (χ0v) is 16.7. The van der Waals surface area contributed by atoms with Crippen LogP contribution in [0.15, 0.2) is 0 Å². The molecule has 4 heterocycles. The number of carbonyl (C=O) groups excluding carboxylic acids is 2. The third-order valence-electron chi connectivity index (χ3n) is 7.37. The van der Waals surface area contributed by atoms with Gasteiger partial charge in [-0.05, 0) is 57.0 Å². The maximum Gasteiger partial charge on any atom is 0.409 e. The van der Waals surface area contributed by atoms with Crippen LogP contribution in [0, 0.1) is 5.41 Å². The summed E-state index contributed by atoms with van der Waals surface area (Å²) < 4.78 is 5.07. The Balaban J connectivity index is 1.35. The molecule has 2 N–H and O–H groups in total. The number of likely N-dealkylation sites (tertiary alicyclic amines) is 1. The van der Waals surface area contributed by atoms with Crippen LogP contribution in [0.5, 0.6) is 0 Å². The lowest BCUT2D eigenvalue weighted by atomic mass is 9.42. The number of amides is 2. The predicted octanol–water partition coefficient (Wildman–Crippen LogP) is -1.31. The first-order valence-electron chi connectivity index (χ1n) is 10.4. The average Bonchev–Trinajstić information content (AvgIpc) is 3.11. The van der Waals surface area contributed by atoms with Crippen molar-refractivity contribution in [2.24, 2.45) is 5.41 Å². The molecule has 4 rings (SSSR count). The Kier molecular flexibility index (Phi) is 5.30. The second-order valence-corrected chi connectivity index (χ2v) is 9.39. The van der Waals surface area contributed by atoms with E-state index in [9.17, 15) is 14.7 Å². The molecule has 2 unspecified atom stereocenters. The number of ether oxygens (including phenoxy) is 1. The molecule has 0 aliphatic carbocycles. The lowest BCUT2D eigenvalue weighted by molar-refractivity contribution is -0.119. The highest BCUT2D eigenvalue weighted by molar-refractivity contribution is 6.53. The molecule has 0 saturated carbocycles. The van der Waals surface area contributed by atoms with Gasteiger partial charge in [0.15, 0.2) is 0 Å². The fourth-order valence-corrected chi connectivity index (χ4v) is 5.49. The van der Waals surface area contributed by atoms with Crippen molar-refractivity contribution >= 4 is 43.4 Å². The first kappa shape index (κ1) is 21.2. The molecule has 0 aromatic carbocycles. The Morgan fingerprint density at radius 2 is 1.69 bits per heavy atom. The summed E-state index contributed by atoms with van der Waals surface area (Å²) in [5, 5.41) is 7.69. The highest BCUT2D eigenvalue weighted by Crippen LogP contribution is 2.42. The maximum absolute atomic E-state index is 12.7. The number of hydrogen-bond acceptors (Lipinski definition) is 5. The standard InChI is InChI=1S/C18H25B4N3O4/c19-17(20,28)18(21,22)29-15(27)25-11-1-2-12(25)8-13(7-11)24-5-3-16(4-6-24)9-14(26)23-10-16/h11-13,28H,1-10H2,(H,23,26). The van der Waals surface area contributed by atoms with Crippen molar-refractivity contribution in [3.8, 4) is 0 Å². The van der Waals surface area contributed by atoms with E-state index in [-0.39, 0.29) is 23.4 Å². The minimum absolute atomic E-state index is 0.0382. The van der Waals surface area contributed by atoms with Crippen LogP contribution in [0.25, 0.3) is 0 Å². The van der Waals surface area contributed by atoms with E-state index in [1.165, 1.54) is 0 Å². The number of hydrogen-bond donors (Lipinski definition) is 2. The zero-order valence-electron chi connectivity index (χ0n) is 16.7. The molecular weight excluding hydrogens is 365 g/mol. The molecule has 7 nitrogen and oxygen atoms in total. The van der Waals surface area contributed by atoms with Crippen molar-refractivity contribution in [2.45, 2.75) is 73.9 Å². The van der Waals surface area contributed by atoms with E-state index in [1.54, 1.807) is 4.90 Å². The highest BCUT2D eigenvalue weighted by Gasteiger charge is 2.49. The second-order valence-electron chi connectivity index (χ2n) is 9.39. The summed E-state index contributed by atoms with van der Waals surface area (Å²) in [6.45, 7) is 2.75. The Morgan fingerprint density at radius 3 is 2.17 bits per heavy atom. The predicted molar refractivity (Wildman–Crippen MR) is 110 cm³/mol. The topological polar surface area (TPSA) is 82.1 Å². The number of fused-ring (bicyclic) bond motifs is 2. The van der Waals surface area contributed by atoms with Gasteiger partial charge in [0.05, 0.1) is 0 Å². The van der Waals surface area contributed by atoms with E-state index in [2.05, 4.69) is 10.2 Å². The quantitative estimate of drug-likeness (QED) is 0.585. The van der Waals surface area contributed by atoms with Crippen LogP contribution < -0.4 is 5.32 Å². The normalized spacial score (nSPS) is 32.4. The van der Waals surface area contributed by atoms with Crippen LogP contribution in [0.1, 0.15) is 44.9 Å². The molecule has 4 saturated heterocycles. The number of carbonyl (C=O) groups is 2. The van der Waals surface area contributed by atoms with Crippen molar-refractivity contribution < 1.29 is 19.4 Å². The van der Waals surface area contributed by atoms with E-state index in [0.29, 0.717) is 12.5 Å². The SMILES string of the molecule is [B]C([B])(O)C([B])([B])OC(=O)N1C2CCC1CC(N1CCC3(CC1)CNC(=O)C3)C2.